The lowest BCUT2D eigenvalue weighted by Gasteiger charge is -2.23. The van der Waals surface area contributed by atoms with Crippen LogP contribution in [0.25, 0.3) is 16.2 Å². The van der Waals surface area contributed by atoms with Crippen molar-refractivity contribution >= 4 is 21.4 Å². The molecular formula is C16H19FN4OS. The fourth-order valence-electron chi connectivity index (χ4n) is 2.24. The first-order valence-corrected chi connectivity index (χ1v) is 8.25. The molecule has 1 aromatic carbocycles. The van der Waals surface area contributed by atoms with E-state index in [1.165, 1.54) is 23.5 Å². The van der Waals surface area contributed by atoms with Crippen molar-refractivity contribution in [2.75, 3.05) is 18.5 Å². The molecule has 122 valence electrons. The largest absolute Gasteiger partial charge is 0.396 e. The standard InChI is InChI=1S/C16H19FN4OS/c1-16(2,7-8-22)10-18-14-20-21-9-13(19-15(21)23-14)11-3-5-12(17)6-4-11/h3-6,9,22H,7-8,10H2,1-2H3,(H,18,20). The number of anilines is 1. The van der Waals surface area contributed by atoms with Gasteiger partial charge < -0.3 is 10.4 Å². The van der Waals surface area contributed by atoms with E-state index < -0.39 is 0 Å². The Morgan fingerprint density at radius 1 is 1.30 bits per heavy atom. The van der Waals surface area contributed by atoms with Crippen LogP contribution in [0.3, 0.4) is 0 Å². The van der Waals surface area contributed by atoms with Gasteiger partial charge in [-0.3, -0.25) is 0 Å². The fraction of sp³-hybridized carbons (Fsp3) is 0.375. The van der Waals surface area contributed by atoms with Gasteiger partial charge in [-0.1, -0.05) is 25.2 Å². The lowest BCUT2D eigenvalue weighted by molar-refractivity contribution is 0.220. The third kappa shape index (κ3) is 3.68. The fourth-order valence-corrected chi connectivity index (χ4v) is 3.01. The SMILES string of the molecule is CC(C)(CCO)CNc1nn2cc(-c3ccc(F)cc3)nc2s1. The van der Waals surface area contributed by atoms with Gasteiger partial charge in [0.1, 0.15) is 5.82 Å². The molecule has 0 spiro atoms. The first-order chi connectivity index (χ1) is 11.0. The van der Waals surface area contributed by atoms with Crippen molar-refractivity contribution in [3.05, 3.63) is 36.3 Å². The van der Waals surface area contributed by atoms with Crippen LogP contribution in [0.5, 0.6) is 0 Å². The van der Waals surface area contributed by atoms with Crippen LogP contribution in [0.1, 0.15) is 20.3 Å². The van der Waals surface area contributed by atoms with Crippen LogP contribution in [-0.2, 0) is 0 Å². The topological polar surface area (TPSA) is 62.5 Å². The summed E-state index contributed by atoms with van der Waals surface area (Å²) in [7, 11) is 0. The minimum absolute atomic E-state index is 0.00177. The molecule has 0 aliphatic heterocycles. The van der Waals surface area contributed by atoms with Crippen molar-refractivity contribution in [1.29, 1.82) is 0 Å². The smallest absolute Gasteiger partial charge is 0.214 e. The average Bonchev–Trinajstić information content (AvgIpc) is 3.04. The Balaban J connectivity index is 1.74. The number of rotatable bonds is 6. The third-order valence-corrected chi connectivity index (χ3v) is 4.57. The van der Waals surface area contributed by atoms with Crippen molar-refractivity contribution in [3.8, 4) is 11.3 Å². The number of nitrogens with one attached hydrogen (secondary N) is 1. The molecule has 3 rings (SSSR count). The van der Waals surface area contributed by atoms with Crippen molar-refractivity contribution in [2.24, 2.45) is 5.41 Å². The molecule has 0 amide bonds. The Labute approximate surface area is 137 Å². The number of aliphatic hydroxyl groups is 1. The Kier molecular flexibility index (Phi) is 4.32. The van der Waals surface area contributed by atoms with Gasteiger partial charge in [-0.25, -0.2) is 13.9 Å². The van der Waals surface area contributed by atoms with Crippen molar-refractivity contribution in [3.63, 3.8) is 0 Å². The summed E-state index contributed by atoms with van der Waals surface area (Å²) in [6.45, 7) is 5.11. The zero-order valence-electron chi connectivity index (χ0n) is 13.1. The Hall–Kier alpha value is -1.99. The highest BCUT2D eigenvalue weighted by Crippen LogP contribution is 2.26. The summed E-state index contributed by atoms with van der Waals surface area (Å²) in [5.41, 5.74) is 1.64. The van der Waals surface area contributed by atoms with Gasteiger partial charge in [0.25, 0.3) is 0 Å². The maximum Gasteiger partial charge on any atom is 0.214 e. The second kappa shape index (κ2) is 6.25. The summed E-state index contributed by atoms with van der Waals surface area (Å²) in [5, 5.41) is 17.6. The van der Waals surface area contributed by atoms with Crippen LogP contribution < -0.4 is 5.32 Å². The number of halogens is 1. The minimum Gasteiger partial charge on any atom is -0.396 e. The Morgan fingerprint density at radius 2 is 2.04 bits per heavy atom. The second-order valence-electron chi connectivity index (χ2n) is 6.26. The predicted molar refractivity (Wildman–Crippen MR) is 90.2 cm³/mol. The molecule has 0 bridgehead atoms. The van der Waals surface area contributed by atoms with Crippen LogP contribution >= 0.6 is 11.3 Å². The number of benzene rings is 1. The molecule has 3 aromatic rings. The van der Waals surface area contributed by atoms with E-state index in [-0.39, 0.29) is 17.8 Å². The van der Waals surface area contributed by atoms with Gasteiger partial charge in [0.2, 0.25) is 10.1 Å². The maximum atomic E-state index is 13.0. The van der Waals surface area contributed by atoms with Gasteiger partial charge in [0.05, 0.1) is 11.9 Å². The Morgan fingerprint density at radius 3 is 2.70 bits per heavy atom. The van der Waals surface area contributed by atoms with Crippen molar-refractivity contribution in [1.82, 2.24) is 14.6 Å². The van der Waals surface area contributed by atoms with Crippen LogP contribution in [0, 0.1) is 11.2 Å². The van der Waals surface area contributed by atoms with E-state index in [4.69, 9.17) is 5.11 Å². The second-order valence-corrected chi connectivity index (χ2v) is 7.21. The highest BCUT2D eigenvalue weighted by Gasteiger charge is 2.18. The van der Waals surface area contributed by atoms with Crippen molar-refractivity contribution < 1.29 is 9.50 Å². The van der Waals surface area contributed by atoms with Crippen LogP contribution in [0.2, 0.25) is 0 Å². The van der Waals surface area contributed by atoms with E-state index in [9.17, 15) is 4.39 Å². The Bertz CT molecular complexity index is 763. The summed E-state index contributed by atoms with van der Waals surface area (Å²) >= 11 is 1.47. The average molecular weight is 334 g/mol. The zero-order chi connectivity index (χ0) is 16.4. The van der Waals surface area contributed by atoms with Gasteiger partial charge >= 0.3 is 0 Å². The number of aromatic nitrogens is 3. The first-order valence-electron chi connectivity index (χ1n) is 7.44. The first kappa shape index (κ1) is 15.9. The maximum absolute atomic E-state index is 13.0. The van der Waals surface area contributed by atoms with Crippen molar-refractivity contribution in [2.45, 2.75) is 20.3 Å². The number of hydrogen-bond acceptors (Lipinski definition) is 5. The van der Waals surface area contributed by atoms with Gasteiger partial charge in [-0.05, 0) is 36.1 Å². The van der Waals surface area contributed by atoms with Crippen LogP contribution in [0.4, 0.5) is 9.52 Å². The van der Waals surface area contributed by atoms with E-state index in [0.29, 0.717) is 0 Å². The summed E-state index contributed by atoms with van der Waals surface area (Å²) in [6.07, 6.45) is 2.57. The molecule has 7 heteroatoms. The number of aliphatic hydroxyl groups excluding tert-OH is 1. The lowest BCUT2D eigenvalue weighted by atomic mass is 9.90. The molecule has 23 heavy (non-hydrogen) atoms. The van der Waals surface area contributed by atoms with Crippen LogP contribution in [-0.4, -0.2) is 32.9 Å². The van der Waals surface area contributed by atoms with E-state index in [1.807, 2.05) is 6.20 Å². The zero-order valence-corrected chi connectivity index (χ0v) is 13.9. The number of nitrogens with zero attached hydrogens (tertiary/aromatic N) is 3. The molecule has 0 atom stereocenters. The molecule has 2 N–H and O–H groups in total. The molecular weight excluding hydrogens is 315 g/mol. The van der Waals surface area contributed by atoms with E-state index in [2.05, 4.69) is 29.2 Å². The minimum atomic E-state index is -0.259. The highest BCUT2D eigenvalue weighted by atomic mass is 32.1. The van der Waals surface area contributed by atoms with E-state index >= 15 is 0 Å². The molecule has 0 aliphatic carbocycles. The number of imidazole rings is 1. The third-order valence-electron chi connectivity index (χ3n) is 3.69. The quantitative estimate of drug-likeness (QED) is 0.725. The molecule has 5 nitrogen and oxygen atoms in total. The summed E-state index contributed by atoms with van der Waals surface area (Å²) in [6, 6.07) is 6.26. The monoisotopic (exact) mass is 334 g/mol. The van der Waals surface area contributed by atoms with Gasteiger partial charge in [0, 0.05) is 18.7 Å². The van der Waals surface area contributed by atoms with Crippen LogP contribution in [0.15, 0.2) is 30.5 Å². The van der Waals surface area contributed by atoms with E-state index in [0.717, 1.165) is 34.3 Å². The number of hydrogen-bond donors (Lipinski definition) is 2. The van der Waals surface area contributed by atoms with E-state index in [1.54, 1.807) is 16.6 Å². The molecule has 2 aromatic heterocycles. The molecule has 2 heterocycles. The normalized spacial score (nSPS) is 12.0. The molecule has 0 saturated carbocycles. The predicted octanol–water partition coefficient (Wildman–Crippen LogP) is 3.42. The highest BCUT2D eigenvalue weighted by molar-refractivity contribution is 7.20. The van der Waals surface area contributed by atoms with Gasteiger partial charge in [-0.2, -0.15) is 0 Å². The summed E-state index contributed by atoms with van der Waals surface area (Å²) in [5.74, 6) is -0.259. The summed E-state index contributed by atoms with van der Waals surface area (Å²) < 4.78 is 14.7. The molecule has 0 fully saturated rings. The summed E-state index contributed by atoms with van der Waals surface area (Å²) in [4.78, 5) is 5.31. The number of fused-ring (bicyclic) bond motifs is 1. The molecule has 0 saturated heterocycles. The van der Waals surface area contributed by atoms with Gasteiger partial charge in [0.15, 0.2) is 0 Å². The molecule has 0 radical (unpaired) electrons. The molecule has 0 aliphatic rings. The van der Waals surface area contributed by atoms with Gasteiger partial charge in [-0.15, -0.1) is 5.10 Å². The lowest BCUT2D eigenvalue weighted by Crippen LogP contribution is -2.24. The molecule has 0 unspecified atom stereocenters.